The van der Waals surface area contributed by atoms with Crippen LogP contribution in [0, 0.1) is 0 Å². The van der Waals surface area contributed by atoms with E-state index in [9.17, 15) is 4.79 Å². The summed E-state index contributed by atoms with van der Waals surface area (Å²) in [7, 11) is 0. The highest BCUT2D eigenvalue weighted by molar-refractivity contribution is 9.10. The summed E-state index contributed by atoms with van der Waals surface area (Å²) >= 11 is 3.21. The summed E-state index contributed by atoms with van der Waals surface area (Å²) < 4.78 is 5.87. The van der Waals surface area contributed by atoms with Gasteiger partial charge in [-0.25, -0.2) is 0 Å². The predicted octanol–water partition coefficient (Wildman–Crippen LogP) is 2.05. The number of carbonyl (C=O) groups is 1. The zero-order chi connectivity index (χ0) is 14.3. The molecular formula is C14H22BrN2O2+. The maximum atomic E-state index is 12.1. The largest absolute Gasteiger partial charge is 0.444 e. The molecule has 106 valence electrons. The first kappa shape index (κ1) is 14.6. The van der Waals surface area contributed by atoms with Crippen LogP contribution in [0.3, 0.4) is 0 Å². The maximum Gasteiger partial charge on any atom is 0.287 e. The number of amides is 1. The molecule has 1 aromatic heterocycles. The number of furan rings is 1. The van der Waals surface area contributed by atoms with Gasteiger partial charge in [0.25, 0.3) is 5.91 Å². The Morgan fingerprint density at radius 2 is 1.89 bits per heavy atom. The van der Waals surface area contributed by atoms with Crippen molar-refractivity contribution in [3.05, 3.63) is 22.6 Å². The summed E-state index contributed by atoms with van der Waals surface area (Å²) in [6.07, 6.45) is 1.92. The first-order chi connectivity index (χ1) is 8.67. The number of nitrogens with two attached hydrogens (primary N) is 1. The third-order valence-electron chi connectivity index (χ3n) is 3.46. The van der Waals surface area contributed by atoms with Crippen LogP contribution in [-0.2, 0) is 0 Å². The number of hydrogen-bond acceptors (Lipinski definition) is 2. The lowest BCUT2D eigenvalue weighted by molar-refractivity contribution is -0.787. The fourth-order valence-corrected chi connectivity index (χ4v) is 3.62. The molecule has 0 unspecified atom stereocenters. The highest BCUT2D eigenvalue weighted by Crippen LogP contribution is 2.22. The van der Waals surface area contributed by atoms with Gasteiger partial charge in [-0.2, -0.15) is 0 Å². The molecule has 5 heteroatoms. The summed E-state index contributed by atoms with van der Waals surface area (Å²) in [5, 5.41) is 5.48. The van der Waals surface area contributed by atoms with Crippen molar-refractivity contribution in [2.24, 2.45) is 0 Å². The minimum Gasteiger partial charge on any atom is -0.444 e. The van der Waals surface area contributed by atoms with E-state index < -0.39 is 0 Å². The van der Waals surface area contributed by atoms with Crippen molar-refractivity contribution < 1.29 is 14.5 Å². The number of hydrogen-bond donors (Lipinski definition) is 2. The topological polar surface area (TPSA) is 58.9 Å². The van der Waals surface area contributed by atoms with Crippen LogP contribution in [0.4, 0.5) is 0 Å². The molecule has 1 aromatic rings. The maximum absolute atomic E-state index is 12.1. The van der Waals surface area contributed by atoms with Gasteiger partial charge in [0.1, 0.15) is 0 Å². The number of carbonyl (C=O) groups excluding carboxylic acids is 1. The van der Waals surface area contributed by atoms with Gasteiger partial charge in [0.15, 0.2) is 10.4 Å². The molecule has 3 N–H and O–H groups in total. The molecule has 0 atom stereocenters. The molecule has 0 radical (unpaired) electrons. The van der Waals surface area contributed by atoms with E-state index in [1.807, 2.05) is 0 Å². The summed E-state index contributed by atoms with van der Waals surface area (Å²) in [4.78, 5) is 12.1. The molecule has 2 heterocycles. The monoisotopic (exact) mass is 329 g/mol. The Kier molecular flexibility index (Phi) is 3.80. The van der Waals surface area contributed by atoms with Crippen molar-refractivity contribution >= 4 is 21.8 Å². The molecule has 0 spiro atoms. The smallest absolute Gasteiger partial charge is 0.287 e. The van der Waals surface area contributed by atoms with Crippen LogP contribution in [0.15, 0.2) is 21.2 Å². The second-order valence-corrected chi connectivity index (χ2v) is 7.59. The van der Waals surface area contributed by atoms with Gasteiger partial charge < -0.3 is 15.1 Å². The van der Waals surface area contributed by atoms with Crippen LogP contribution >= 0.6 is 15.9 Å². The molecule has 1 aliphatic heterocycles. The van der Waals surface area contributed by atoms with Gasteiger partial charge in [0.2, 0.25) is 0 Å². The van der Waals surface area contributed by atoms with Gasteiger partial charge in [-0.1, -0.05) is 0 Å². The predicted molar refractivity (Wildman–Crippen MR) is 77.0 cm³/mol. The molecule has 4 nitrogen and oxygen atoms in total. The molecule has 1 aliphatic rings. The molecular weight excluding hydrogens is 308 g/mol. The highest BCUT2D eigenvalue weighted by atomic mass is 79.9. The Hall–Kier alpha value is -0.810. The van der Waals surface area contributed by atoms with Crippen molar-refractivity contribution in [1.29, 1.82) is 0 Å². The van der Waals surface area contributed by atoms with Crippen LogP contribution in [0.2, 0.25) is 0 Å². The Balaban J connectivity index is 2.04. The minimum atomic E-state index is -0.135. The van der Waals surface area contributed by atoms with E-state index in [1.54, 1.807) is 12.1 Å². The first-order valence-electron chi connectivity index (χ1n) is 6.60. The first-order valence-corrected chi connectivity index (χ1v) is 7.39. The molecule has 2 rings (SSSR count). The quantitative estimate of drug-likeness (QED) is 0.872. The second kappa shape index (κ2) is 4.94. The summed E-state index contributed by atoms with van der Waals surface area (Å²) in [5.41, 5.74) is 0.285. The van der Waals surface area contributed by atoms with Crippen LogP contribution in [-0.4, -0.2) is 23.0 Å². The van der Waals surface area contributed by atoms with Gasteiger partial charge in [-0.3, -0.25) is 4.79 Å². The van der Waals surface area contributed by atoms with Crippen molar-refractivity contribution in [2.75, 3.05) is 0 Å². The zero-order valence-corrected chi connectivity index (χ0v) is 13.5. The average molecular weight is 330 g/mol. The number of halogens is 1. The highest BCUT2D eigenvalue weighted by Gasteiger charge is 2.42. The SMILES string of the molecule is CC1(C)CC(NC(=O)c2ccc(Br)o2)CC(C)(C)[NH2+]1. The van der Waals surface area contributed by atoms with E-state index in [4.69, 9.17) is 4.42 Å². The Morgan fingerprint density at radius 3 is 2.37 bits per heavy atom. The molecule has 0 saturated carbocycles. The average Bonchev–Trinajstić information content (AvgIpc) is 2.59. The van der Waals surface area contributed by atoms with Crippen LogP contribution in [0.5, 0.6) is 0 Å². The van der Waals surface area contributed by atoms with Gasteiger partial charge in [0, 0.05) is 18.9 Å². The van der Waals surface area contributed by atoms with E-state index in [0.29, 0.717) is 10.4 Å². The van der Waals surface area contributed by atoms with E-state index in [2.05, 4.69) is 54.3 Å². The van der Waals surface area contributed by atoms with Crippen molar-refractivity contribution in [1.82, 2.24) is 5.32 Å². The second-order valence-electron chi connectivity index (χ2n) is 6.80. The van der Waals surface area contributed by atoms with Crippen molar-refractivity contribution in [3.63, 3.8) is 0 Å². The number of rotatable bonds is 2. The fourth-order valence-electron chi connectivity index (χ4n) is 3.31. The molecule has 1 amide bonds. The van der Waals surface area contributed by atoms with Crippen LogP contribution < -0.4 is 10.6 Å². The Bertz CT molecular complexity index is 464. The summed E-state index contributed by atoms with van der Waals surface area (Å²) in [6.45, 7) is 8.88. The minimum absolute atomic E-state index is 0.135. The Labute approximate surface area is 122 Å². The number of piperidine rings is 1. The lowest BCUT2D eigenvalue weighted by Crippen LogP contribution is -3.06. The summed E-state index contributed by atoms with van der Waals surface area (Å²) in [6, 6.07) is 3.61. The molecule has 1 fully saturated rings. The lowest BCUT2D eigenvalue weighted by Gasteiger charge is -2.43. The summed E-state index contributed by atoms with van der Waals surface area (Å²) in [5.74, 6) is 0.223. The third kappa shape index (κ3) is 3.83. The number of quaternary nitrogens is 1. The standard InChI is InChI=1S/C14H21BrN2O2/c1-13(2)7-9(8-14(3,4)17-13)16-12(18)10-5-6-11(15)19-10/h5-6,9,17H,7-8H2,1-4H3,(H,16,18)/p+1. The Morgan fingerprint density at radius 1 is 1.32 bits per heavy atom. The lowest BCUT2D eigenvalue weighted by atomic mass is 9.79. The van der Waals surface area contributed by atoms with E-state index in [-0.39, 0.29) is 23.0 Å². The number of nitrogens with one attached hydrogen (secondary N) is 1. The molecule has 0 aromatic carbocycles. The van der Waals surface area contributed by atoms with E-state index in [1.165, 1.54) is 0 Å². The zero-order valence-electron chi connectivity index (χ0n) is 11.9. The molecule has 0 bridgehead atoms. The van der Waals surface area contributed by atoms with Gasteiger partial charge >= 0.3 is 0 Å². The fraction of sp³-hybridized carbons (Fsp3) is 0.643. The van der Waals surface area contributed by atoms with Gasteiger partial charge in [-0.05, 0) is 55.8 Å². The van der Waals surface area contributed by atoms with Crippen molar-refractivity contribution in [2.45, 2.75) is 57.7 Å². The van der Waals surface area contributed by atoms with Crippen molar-refractivity contribution in [3.8, 4) is 0 Å². The van der Waals surface area contributed by atoms with Gasteiger partial charge in [0.05, 0.1) is 11.1 Å². The molecule has 19 heavy (non-hydrogen) atoms. The van der Waals surface area contributed by atoms with Gasteiger partial charge in [-0.15, -0.1) is 0 Å². The third-order valence-corrected chi connectivity index (χ3v) is 3.88. The van der Waals surface area contributed by atoms with Crippen LogP contribution in [0.1, 0.15) is 51.1 Å². The van der Waals surface area contributed by atoms with Crippen LogP contribution in [0.25, 0.3) is 0 Å². The molecule has 1 saturated heterocycles. The molecule has 0 aliphatic carbocycles. The normalized spacial score (nSPS) is 22.2. The van der Waals surface area contributed by atoms with E-state index >= 15 is 0 Å². The van der Waals surface area contributed by atoms with E-state index in [0.717, 1.165) is 12.8 Å².